The number of hydrogen-bond acceptors (Lipinski definition) is 8. The van der Waals surface area contributed by atoms with Crippen molar-refractivity contribution in [3.63, 3.8) is 0 Å². The van der Waals surface area contributed by atoms with Crippen molar-refractivity contribution < 1.29 is 23.2 Å². The van der Waals surface area contributed by atoms with Gasteiger partial charge in [-0.1, -0.05) is 77.3 Å². The third-order valence-corrected chi connectivity index (χ3v) is 12.6. The number of nitrogens with zero attached hydrogens (tertiary/aromatic N) is 3. The number of fused-ring (bicyclic) bond motifs is 1. The lowest BCUT2D eigenvalue weighted by molar-refractivity contribution is -0.0777. The highest BCUT2D eigenvalue weighted by Crippen LogP contribution is 2.39. The van der Waals surface area contributed by atoms with E-state index in [1.54, 1.807) is 13.2 Å². The van der Waals surface area contributed by atoms with Crippen molar-refractivity contribution in [2.45, 2.75) is 72.3 Å². The number of anilines is 1. The van der Waals surface area contributed by atoms with Crippen LogP contribution in [-0.4, -0.2) is 111 Å². The number of methoxy groups -OCH3 is 1. The highest BCUT2D eigenvalue weighted by Gasteiger charge is 2.34. The first-order valence-electron chi connectivity index (χ1n) is 20.3. The van der Waals surface area contributed by atoms with Crippen LogP contribution in [0.5, 0.6) is 5.75 Å². The van der Waals surface area contributed by atoms with Crippen LogP contribution < -0.4 is 14.4 Å². The van der Waals surface area contributed by atoms with Gasteiger partial charge in [-0.3, -0.25) is 14.4 Å². The monoisotopic (exact) mass is 784 g/mol. The van der Waals surface area contributed by atoms with E-state index in [9.17, 15) is 9.00 Å². The van der Waals surface area contributed by atoms with Gasteiger partial charge in [0.1, 0.15) is 16.7 Å². The predicted molar refractivity (Wildman–Crippen MR) is 222 cm³/mol. The van der Waals surface area contributed by atoms with Crippen molar-refractivity contribution in [3.8, 4) is 5.75 Å². The van der Waals surface area contributed by atoms with E-state index < -0.39 is 11.0 Å². The summed E-state index contributed by atoms with van der Waals surface area (Å²) in [5, 5.41) is 0.755. The van der Waals surface area contributed by atoms with Gasteiger partial charge < -0.3 is 24.0 Å². The van der Waals surface area contributed by atoms with E-state index in [1.807, 2.05) is 18.2 Å². The van der Waals surface area contributed by atoms with Crippen LogP contribution in [0, 0.1) is 23.7 Å². The largest absolute Gasteiger partial charge is 0.491 e. The zero-order valence-corrected chi connectivity index (χ0v) is 35.1. The van der Waals surface area contributed by atoms with E-state index in [0.29, 0.717) is 48.5 Å². The molecule has 2 fully saturated rings. The molecule has 11 heteroatoms. The molecular weight excluding hydrogens is 720 g/mol. The number of carbonyl (C=O) groups excluding carboxylic acids is 1. The van der Waals surface area contributed by atoms with Gasteiger partial charge in [-0.2, -0.15) is 0 Å². The van der Waals surface area contributed by atoms with Crippen LogP contribution in [-0.2, 0) is 26.9 Å². The second-order valence-electron chi connectivity index (χ2n) is 16.0. The number of hydrogen-bond donors (Lipinski definition) is 1. The minimum absolute atomic E-state index is 0.112. The Labute approximate surface area is 332 Å². The van der Waals surface area contributed by atoms with Crippen LogP contribution in [0.4, 0.5) is 5.69 Å². The Kier molecular flexibility index (Phi) is 16.7. The lowest BCUT2D eigenvalue weighted by Crippen LogP contribution is -2.57. The third kappa shape index (κ3) is 11.8. The number of aryl methyl sites for hydroxylation is 1. The third-order valence-electron chi connectivity index (χ3n) is 11.5. The fourth-order valence-electron chi connectivity index (χ4n) is 8.34. The van der Waals surface area contributed by atoms with E-state index in [4.69, 9.17) is 25.8 Å². The van der Waals surface area contributed by atoms with Gasteiger partial charge in [0.2, 0.25) is 0 Å². The molecule has 1 N–H and O–H groups in total. The highest BCUT2D eigenvalue weighted by atomic mass is 35.5. The summed E-state index contributed by atoms with van der Waals surface area (Å²) in [6.45, 7) is 21.1. The quantitative estimate of drug-likeness (QED) is 0.150. The molecule has 3 heterocycles. The molecule has 0 aromatic heterocycles. The maximum absolute atomic E-state index is 13.4. The van der Waals surface area contributed by atoms with Crippen molar-refractivity contribution in [1.29, 1.82) is 0 Å². The lowest BCUT2D eigenvalue weighted by atomic mass is 9.79. The summed E-state index contributed by atoms with van der Waals surface area (Å²) in [5.74, 6) is 2.60. The van der Waals surface area contributed by atoms with Gasteiger partial charge in [0.15, 0.2) is 0 Å². The second kappa shape index (κ2) is 21.2. The average molecular weight is 786 g/mol. The van der Waals surface area contributed by atoms with Gasteiger partial charge >= 0.3 is 0 Å². The van der Waals surface area contributed by atoms with Gasteiger partial charge in [0.05, 0.1) is 43.9 Å². The number of halogens is 1. The second-order valence-corrected chi connectivity index (χ2v) is 17.7. The summed E-state index contributed by atoms with van der Waals surface area (Å²) in [4.78, 5) is 21.1. The van der Waals surface area contributed by atoms with Crippen molar-refractivity contribution in [2.75, 3.05) is 90.0 Å². The Bertz CT molecular complexity index is 1550. The Morgan fingerprint density at radius 3 is 2.50 bits per heavy atom. The molecule has 0 aliphatic carbocycles. The minimum atomic E-state index is -1.53. The van der Waals surface area contributed by atoms with Crippen LogP contribution in [0.2, 0.25) is 5.02 Å². The predicted octanol–water partition coefficient (Wildman–Crippen LogP) is 7.21. The number of ether oxygens (including phenoxy) is 3. The van der Waals surface area contributed by atoms with E-state index in [2.05, 4.69) is 78.3 Å². The minimum Gasteiger partial charge on any atom is -0.491 e. The Morgan fingerprint density at radius 1 is 1.06 bits per heavy atom. The fourth-order valence-corrected chi connectivity index (χ4v) is 9.28. The first-order chi connectivity index (χ1) is 26.1. The summed E-state index contributed by atoms with van der Waals surface area (Å²) in [5.41, 5.74) is 3.91. The summed E-state index contributed by atoms with van der Waals surface area (Å²) in [6.07, 6.45) is 9.08. The zero-order valence-electron chi connectivity index (χ0n) is 33.6. The van der Waals surface area contributed by atoms with Crippen molar-refractivity contribution in [3.05, 3.63) is 70.3 Å². The molecule has 0 bridgehead atoms. The van der Waals surface area contributed by atoms with Gasteiger partial charge in [-0.05, 0) is 78.0 Å². The smallest absolute Gasteiger partial charge is 0.263 e. The van der Waals surface area contributed by atoms with Crippen LogP contribution >= 0.6 is 11.6 Å². The molecule has 2 saturated heterocycles. The summed E-state index contributed by atoms with van der Waals surface area (Å²) in [7, 11) is 0.0252. The normalized spacial score (nSPS) is 20.9. The highest BCUT2D eigenvalue weighted by molar-refractivity contribution is 7.83. The number of nitrogens with one attached hydrogen (secondary N) is 1. The number of amides is 1. The molecule has 5 unspecified atom stereocenters. The van der Waals surface area contributed by atoms with Crippen LogP contribution in [0.3, 0.4) is 0 Å². The molecule has 9 nitrogen and oxygen atoms in total. The topological polar surface area (TPSA) is 83.6 Å². The van der Waals surface area contributed by atoms with Crippen LogP contribution in [0.15, 0.2) is 48.6 Å². The number of carbonyl (C=O) groups is 1. The molecule has 0 radical (unpaired) electrons. The molecule has 0 spiro atoms. The van der Waals surface area contributed by atoms with Gasteiger partial charge in [-0.25, -0.2) is 4.21 Å². The molecule has 54 heavy (non-hydrogen) atoms. The molecule has 5 atom stereocenters. The molecule has 1 amide bonds. The summed E-state index contributed by atoms with van der Waals surface area (Å²) in [6, 6.07) is 12.5. The summed E-state index contributed by atoms with van der Waals surface area (Å²) >= 11 is 6.51. The molecule has 3 aliphatic rings. The molecule has 300 valence electrons. The standard InChI is InChI=1S/C43H65ClN4O5S/c1-7-10-33-23-37(44)14-15-40(33)36-27-48(41-24-34(13-16-42(41)53-28-36)43(49)45-54(50)22-21-51-6)25-32(5)39(8-2)35(12-9-11-31(3)4)26-46-17-19-47(20-18-46)38-29-52-30-38/h9,12-16,23-24,31-32,35-36,38-39H,7-8,10-11,17-22,25-30H2,1-6H3,(H,45,49)/b12-9+. The van der Waals surface area contributed by atoms with E-state index >= 15 is 0 Å². The molecular formula is C43H65ClN4O5S. The molecule has 0 saturated carbocycles. The first-order valence-corrected chi connectivity index (χ1v) is 22.0. The SMILES string of the molecule is CCCc1cc(Cl)ccc1C1COc2ccc(C(=O)NS(=O)CCOC)cc2N(CC(C)C(CC)C(/C=C/CC(C)C)CN2CCN(C3COC3)CC2)C1. The van der Waals surface area contributed by atoms with Crippen LogP contribution in [0.1, 0.15) is 81.3 Å². The number of rotatable bonds is 19. The molecule has 3 aliphatic heterocycles. The Balaban J connectivity index is 1.42. The molecule has 5 rings (SSSR count). The lowest BCUT2D eigenvalue weighted by Gasteiger charge is -2.44. The van der Waals surface area contributed by atoms with Crippen molar-refractivity contribution in [2.24, 2.45) is 23.7 Å². The number of allylic oxidation sites excluding steroid dienone is 1. The molecule has 2 aromatic rings. The zero-order chi connectivity index (χ0) is 38.6. The van der Waals surface area contributed by atoms with E-state index in [-0.39, 0.29) is 17.6 Å². The van der Waals surface area contributed by atoms with Gasteiger partial charge in [-0.15, -0.1) is 0 Å². The van der Waals surface area contributed by atoms with E-state index in [0.717, 1.165) is 101 Å². The maximum atomic E-state index is 13.4. The summed E-state index contributed by atoms with van der Waals surface area (Å²) < 4.78 is 32.4. The average Bonchev–Trinajstić information content (AvgIpc) is 3.30. The first kappa shape index (κ1) is 42.7. The Morgan fingerprint density at radius 2 is 1.83 bits per heavy atom. The molecule has 2 aromatic carbocycles. The number of benzene rings is 2. The van der Waals surface area contributed by atoms with E-state index in [1.165, 1.54) is 11.1 Å². The Hall–Kier alpha value is -2.47. The number of piperazine rings is 1. The van der Waals surface area contributed by atoms with Gasteiger partial charge in [0.25, 0.3) is 5.91 Å². The van der Waals surface area contributed by atoms with Crippen molar-refractivity contribution >= 4 is 34.2 Å². The fraction of sp³-hybridized carbons (Fsp3) is 0.651. The maximum Gasteiger partial charge on any atom is 0.263 e. The van der Waals surface area contributed by atoms with Crippen molar-refractivity contribution in [1.82, 2.24) is 14.5 Å². The van der Waals surface area contributed by atoms with Gasteiger partial charge in [0, 0.05) is 69.4 Å². The van der Waals surface area contributed by atoms with Crippen LogP contribution in [0.25, 0.3) is 0 Å².